The SMILES string of the molecule is CS(C)=O.c1ccccsccc1. The summed E-state index contributed by atoms with van der Waals surface area (Å²) >= 11 is 1.68. The topological polar surface area (TPSA) is 17.1 Å². The van der Waals surface area contributed by atoms with E-state index in [-0.39, 0.29) is 0 Å². The van der Waals surface area contributed by atoms with Crippen LogP contribution < -0.4 is 0 Å². The summed E-state index contributed by atoms with van der Waals surface area (Å²) in [5, 5.41) is 4.08. The van der Waals surface area contributed by atoms with Crippen molar-refractivity contribution in [2.24, 2.45) is 0 Å². The lowest BCUT2D eigenvalue weighted by molar-refractivity contribution is 0.690. The van der Waals surface area contributed by atoms with Crippen molar-refractivity contribution in [3.8, 4) is 0 Å². The summed E-state index contributed by atoms with van der Waals surface area (Å²) < 4.78 is 9.56. The molecule has 13 heavy (non-hydrogen) atoms. The Morgan fingerprint density at radius 3 is 1.54 bits per heavy atom. The first-order chi connectivity index (χ1) is 6.23. The summed E-state index contributed by atoms with van der Waals surface area (Å²) in [7, 11) is -0.611. The molecule has 3 heteroatoms. The molecule has 0 aliphatic heterocycles. The van der Waals surface area contributed by atoms with Crippen molar-refractivity contribution in [3.63, 3.8) is 0 Å². The van der Waals surface area contributed by atoms with Gasteiger partial charge in [-0.15, -0.1) is 0 Å². The van der Waals surface area contributed by atoms with E-state index in [1.807, 2.05) is 47.2 Å². The molecule has 0 radical (unpaired) electrons. The van der Waals surface area contributed by atoms with E-state index in [0.717, 1.165) is 0 Å². The number of hydrogen-bond acceptors (Lipinski definition) is 2. The van der Waals surface area contributed by atoms with E-state index in [9.17, 15) is 4.21 Å². The molecule has 0 spiro atoms. The first-order valence-electron chi connectivity index (χ1n) is 3.79. The minimum absolute atomic E-state index is 0.611. The number of hydrogen-bond donors (Lipinski definition) is 0. The lowest BCUT2D eigenvalue weighted by atomic mass is 10.5. The van der Waals surface area contributed by atoms with E-state index < -0.39 is 10.8 Å². The summed E-state index contributed by atoms with van der Waals surface area (Å²) in [6.07, 6.45) is 3.28. The quantitative estimate of drug-likeness (QED) is 0.649. The normalized spacial score (nSPS) is 8.23. The Morgan fingerprint density at radius 2 is 1.15 bits per heavy atom. The van der Waals surface area contributed by atoms with E-state index in [1.54, 1.807) is 23.8 Å². The Hall–Kier alpha value is -0.670. The molecule has 1 nitrogen and oxygen atoms in total. The van der Waals surface area contributed by atoms with Gasteiger partial charge in [0.15, 0.2) is 0 Å². The van der Waals surface area contributed by atoms with Gasteiger partial charge in [-0.1, -0.05) is 36.4 Å². The Morgan fingerprint density at radius 1 is 0.846 bits per heavy atom. The van der Waals surface area contributed by atoms with Crippen molar-refractivity contribution >= 4 is 22.1 Å². The highest BCUT2D eigenvalue weighted by atomic mass is 32.2. The van der Waals surface area contributed by atoms with Crippen molar-refractivity contribution < 1.29 is 4.21 Å². The molecule has 0 aliphatic carbocycles. The molecule has 1 aromatic heterocycles. The minimum atomic E-state index is -0.611. The second-order valence-electron chi connectivity index (χ2n) is 2.30. The average molecular weight is 214 g/mol. The Balaban J connectivity index is 0.000000310. The van der Waals surface area contributed by atoms with Gasteiger partial charge in [-0.05, 0) is 10.8 Å². The van der Waals surface area contributed by atoms with Crippen LogP contribution in [0.1, 0.15) is 0 Å². The summed E-state index contributed by atoms with van der Waals surface area (Å²) in [5.74, 6) is 0. The van der Waals surface area contributed by atoms with Crippen LogP contribution in [0.3, 0.4) is 0 Å². The van der Waals surface area contributed by atoms with Crippen molar-refractivity contribution in [2.75, 3.05) is 12.5 Å². The van der Waals surface area contributed by atoms with Crippen molar-refractivity contribution in [1.29, 1.82) is 0 Å². The molecule has 0 aromatic carbocycles. The van der Waals surface area contributed by atoms with Gasteiger partial charge >= 0.3 is 0 Å². The van der Waals surface area contributed by atoms with Crippen molar-refractivity contribution in [1.82, 2.24) is 0 Å². The van der Waals surface area contributed by atoms with Crippen LogP contribution >= 0.6 is 11.3 Å². The largest absolute Gasteiger partial charge is 0.260 e. The predicted molar refractivity (Wildman–Crippen MR) is 61.9 cm³/mol. The molecule has 0 bridgehead atoms. The lowest BCUT2D eigenvalue weighted by Gasteiger charge is -1.60. The zero-order valence-electron chi connectivity index (χ0n) is 7.84. The lowest BCUT2D eigenvalue weighted by Crippen LogP contribution is -1.70. The summed E-state index contributed by atoms with van der Waals surface area (Å²) in [6.45, 7) is 0. The molecule has 0 unspecified atom stereocenters. The second-order valence-corrected chi connectivity index (χ2v) is 4.60. The van der Waals surface area contributed by atoms with Gasteiger partial charge in [0.2, 0.25) is 0 Å². The third-order valence-electron chi connectivity index (χ3n) is 0.870. The molecule has 1 rings (SSSR count). The molecular weight excluding hydrogens is 200 g/mol. The second kappa shape index (κ2) is 9.42. The van der Waals surface area contributed by atoms with E-state index in [1.165, 1.54) is 0 Å². The Bertz CT molecular complexity index is 201. The molecule has 1 heterocycles. The van der Waals surface area contributed by atoms with Gasteiger partial charge in [-0.3, -0.25) is 4.21 Å². The molecule has 0 saturated heterocycles. The van der Waals surface area contributed by atoms with Crippen LogP contribution in [0.2, 0.25) is 0 Å². The first kappa shape index (κ1) is 12.3. The monoisotopic (exact) mass is 214 g/mol. The van der Waals surface area contributed by atoms with Gasteiger partial charge in [0.25, 0.3) is 0 Å². The number of rotatable bonds is 0. The molecule has 72 valence electrons. The summed E-state index contributed by atoms with van der Waals surface area (Å²) in [6, 6.07) is 12.1. The van der Waals surface area contributed by atoms with Crippen LogP contribution in [0.4, 0.5) is 0 Å². The standard InChI is InChI=1S/C8H8S.C2H6OS/c1-2-4-6-8-9-7-5-3-1;1-4(2)3/h1-8H;1-2H3. The highest BCUT2D eigenvalue weighted by molar-refractivity contribution is 7.83. The summed E-state index contributed by atoms with van der Waals surface area (Å²) in [4.78, 5) is 0. The highest BCUT2D eigenvalue weighted by Gasteiger charge is 1.58. The first-order valence-corrected chi connectivity index (χ1v) is 6.70. The van der Waals surface area contributed by atoms with Gasteiger partial charge < -0.3 is 0 Å². The van der Waals surface area contributed by atoms with Gasteiger partial charge in [0.1, 0.15) is 0 Å². The van der Waals surface area contributed by atoms with Crippen LogP contribution in [0.5, 0.6) is 0 Å². The maximum absolute atomic E-state index is 9.56. The van der Waals surface area contributed by atoms with Crippen LogP contribution in [0, 0.1) is 0 Å². The van der Waals surface area contributed by atoms with E-state index >= 15 is 0 Å². The molecule has 1 aromatic rings. The maximum Gasteiger partial charge on any atom is 0.0148 e. The fourth-order valence-electron chi connectivity index (χ4n) is 0.483. The van der Waals surface area contributed by atoms with Crippen molar-refractivity contribution in [3.05, 3.63) is 47.2 Å². The molecule has 0 amide bonds. The summed E-state index contributed by atoms with van der Waals surface area (Å²) in [5.41, 5.74) is 0. The van der Waals surface area contributed by atoms with Gasteiger partial charge in [-0.25, -0.2) is 0 Å². The zero-order valence-corrected chi connectivity index (χ0v) is 9.48. The fourth-order valence-corrected chi connectivity index (χ4v) is 0.937. The smallest absolute Gasteiger partial charge is 0.0148 e. The van der Waals surface area contributed by atoms with Gasteiger partial charge in [0.05, 0.1) is 0 Å². The molecular formula is C10H14OS2. The van der Waals surface area contributed by atoms with E-state index in [4.69, 9.17) is 0 Å². The third-order valence-corrected chi connectivity index (χ3v) is 1.50. The molecule has 0 saturated carbocycles. The predicted octanol–water partition coefficient (Wildman–Crippen LogP) is 2.87. The van der Waals surface area contributed by atoms with E-state index in [0.29, 0.717) is 0 Å². The zero-order chi connectivity index (χ0) is 9.94. The minimum Gasteiger partial charge on any atom is -0.260 e. The Kier molecular flexibility index (Phi) is 8.93. The average Bonchev–Trinajstić information content (AvgIpc) is 2.16. The van der Waals surface area contributed by atoms with Crippen LogP contribution in [-0.2, 0) is 10.8 Å². The molecule has 0 fully saturated rings. The van der Waals surface area contributed by atoms with Crippen molar-refractivity contribution in [2.45, 2.75) is 0 Å². The van der Waals surface area contributed by atoms with Crippen LogP contribution in [0.15, 0.2) is 47.2 Å². The van der Waals surface area contributed by atoms with Crippen LogP contribution in [-0.4, -0.2) is 16.7 Å². The molecule has 0 aliphatic rings. The maximum atomic E-state index is 9.56. The molecule has 0 atom stereocenters. The Labute approximate surface area is 86.2 Å². The molecule has 0 N–H and O–H groups in total. The fraction of sp³-hybridized carbons (Fsp3) is 0.200. The van der Waals surface area contributed by atoms with Crippen LogP contribution in [0.25, 0.3) is 0 Å². The van der Waals surface area contributed by atoms with Gasteiger partial charge in [-0.2, -0.15) is 11.3 Å². The van der Waals surface area contributed by atoms with Gasteiger partial charge in [0, 0.05) is 23.3 Å². The van der Waals surface area contributed by atoms with E-state index in [2.05, 4.69) is 0 Å². The third kappa shape index (κ3) is 14.2. The highest BCUT2D eigenvalue weighted by Crippen LogP contribution is 1.88.